The van der Waals surface area contributed by atoms with Crippen LogP contribution in [-0.2, 0) is 27.9 Å². The van der Waals surface area contributed by atoms with E-state index in [4.69, 9.17) is 35.9 Å². The molecule has 6 unspecified atom stereocenters. The van der Waals surface area contributed by atoms with Gasteiger partial charge in [-0.1, -0.05) is 18.6 Å². The Balaban J connectivity index is 1.51. The Labute approximate surface area is 248 Å². The Kier molecular flexibility index (Phi) is 10.2. The van der Waals surface area contributed by atoms with Crippen molar-refractivity contribution in [1.29, 1.82) is 0 Å². The molecule has 1 aliphatic heterocycles. The lowest BCUT2D eigenvalue weighted by molar-refractivity contribution is -0.152. The molecule has 1 saturated heterocycles. The molecular weight excluding hydrogens is 591 g/mol. The zero-order valence-electron chi connectivity index (χ0n) is 24.0. The number of alkyl halides is 1. The van der Waals surface area contributed by atoms with Gasteiger partial charge in [-0.25, -0.2) is 9.55 Å². The number of nitrogens with zero attached hydrogens (tertiary/aromatic N) is 3. The fourth-order valence-corrected chi connectivity index (χ4v) is 6.76. The maximum atomic E-state index is 13.9. The van der Waals surface area contributed by atoms with Gasteiger partial charge < -0.3 is 24.8 Å². The number of fused-ring (bicyclic) bond motifs is 1. The number of nitrogens with two attached hydrogens (primary N) is 1. The molecule has 6 atom stereocenters. The van der Waals surface area contributed by atoms with Crippen molar-refractivity contribution in [3.8, 4) is 0 Å². The molecule has 232 valence electrons. The number of aliphatic hydroxyl groups excluding tert-OH is 1. The second-order valence-corrected chi connectivity index (χ2v) is 13.1. The van der Waals surface area contributed by atoms with Gasteiger partial charge in [0.2, 0.25) is 5.95 Å². The second kappa shape index (κ2) is 13.3. The highest BCUT2D eigenvalue weighted by Crippen LogP contribution is 2.49. The van der Waals surface area contributed by atoms with E-state index in [9.17, 15) is 19.3 Å². The number of ether oxygens (including phenoxy) is 2. The smallest absolute Gasteiger partial charge is 0.459 e. The van der Waals surface area contributed by atoms with E-state index < -0.39 is 55.2 Å². The predicted octanol–water partition coefficient (Wildman–Crippen LogP) is 3.43. The van der Waals surface area contributed by atoms with Crippen LogP contribution in [0.3, 0.4) is 0 Å². The first-order chi connectivity index (χ1) is 19.8. The van der Waals surface area contributed by atoms with Gasteiger partial charge in [0.1, 0.15) is 35.0 Å². The fourth-order valence-electron chi connectivity index (χ4n) is 4.92. The summed E-state index contributed by atoms with van der Waals surface area (Å²) in [5, 5.41) is 13.7. The van der Waals surface area contributed by atoms with Gasteiger partial charge in [-0.3, -0.25) is 23.7 Å². The number of hydrogen-bond donors (Lipinski definition) is 4. The third kappa shape index (κ3) is 7.24. The predicted molar refractivity (Wildman–Crippen MR) is 156 cm³/mol. The second-order valence-electron chi connectivity index (χ2n) is 10.6. The number of rotatable bonds is 11. The van der Waals surface area contributed by atoms with Gasteiger partial charge in [-0.15, -0.1) is 11.6 Å². The molecule has 0 aromatic carbocycles. The van der Waals surface area contributed by atoms with Crippen LogP contribution in [0, 0.1) is 0 Å². The average Bonchev–Trinajstić information content (AvgIpc) is 3.44. The number of hydrogen-bond acceptors (Lipinski definition) is 11. The van der Waals surface area contributed by atoms with Gasteiger partial charge in [-0.05, 0) is 59.5 Å². The summed E-state index contributed by atoms with van der Waals surface area (Å²) in [5.74, 6) is -0.460. The lowest BCUT2D eigenvalue weighted by Crippen LogP contribution is -2.40. The van der Waals surface area contributed by atoms with E-state index in [0.29, 0.717) is 0 Å². The van der Waals surface area contributed by atoms with Crippen molar-refractivity contribution >= 4 is 42.4 Å². The molecule has 1 saturated carbocycles. The molecule has 2 aromatic heterocycles. The monoisotopic (exact) mass is 628 g/mol. The molecule has 5 N–H and O–H groups in total. The number of nitrogen functional groups attached to an aromatic ring is 1. The third-order valence-corrected chi connectivity index (χ3v) is 9.29. The number of aromatic nitrogens is 4. The highest BCUT2D eigenvalue weighted by atomic mass is 35.5. The van der Waals surface area contributed by atoms with Crippen molar-refractivity contribution < 1.29 is 33.0 Å². The first kappa shape index (κ1) is 32.2. The topological polar surface area (TPSA) is 193 Å². The van der Waals surface area contributed by atoms with Gasteiger partial charge in [0, 0.05) is 0 Å². The van der Waals surface area contributed by atoms with E-state index in [1.807, 2.05) is 6.92 Å². The molecule has 2 fully saturated rings. The SMILES string of the molecule is CC=CC=C(C)OP(=O)(NC(C)C(=O)OC1CCCCC1)OCC1OC(n2cnc3c(=O)[nH]c(N)nc32)C(C)(Cl)C1O. The fraction of sp³-hybridized carbons (Fsp3) is 0.615. The highest BCUT2D eigenvalue weighted by Gasteiger charge is 2.54. The number of nitrogens with one attached hydrogen (secondary N) is 2. The molecule has 2 aromatic rings. The molecule has 14 nitrogen and oxygen atoms in total. The first-order valence-electron chi connectivity index (χ1n) is 13.8. The van der Waals surface area contributed by atoms with Crippen LogP contribution < -0.4 is 16.4 Å². The van der Waals surface area contributed by atoms with Crippen LogP contribution in [0.15, 0.2) is 35.1 Å². The molecule has 2 aliphatic rings. The van der Waals surface area contributed by atoms with Crippen LogP contribution in [-0.4, -0.2) is 66.4 Å². The van der Waals surface area contributed by atoms with Crippen LogP contribution >= 0.6 is 19.3 Å². The van der Waals surface area contributed by atoms with Crippen molar-refractivity contribution in [2.45, 2.75) is 95.3 Å². The minimum atomic E-state index is -4.21. The maximum absolute atomic E-state index is 13.9. The van der Waals surface area contributed by atoms with Crippen molar-refractivity contribution in [2.75, 3.05) is 12.3 Å². The number of halogens is 1. The van der Waals surface area contributed by atoms with Crippen LogP contribution in [0.4, 0.5) is 5.95 Å². The number of H-pyrrole nitrogens is 1. The number of anilines is 1. The first-order valence-corrected chi connectivity index (χ1v) is 15.7. The molecule has 16 heteroatoms. The Morgan fingerprint density at radius 3 is 2.83 bits per heavy atom. The van der Waals surface area contributed by atoms with E-state index in [2.05, 4.69) is 20.0 Å². The molecule has 0 amide bonds. The molecule has 0 spiro atoms. The van der Waals surface area contributed by atoms with Gasteiger partial charge >= 0.3 is 13.7 Å². The van der Waals surface area contributed by atoms with E-state index >= 15 is 0 Å². The summed E-state index contributed by atoms with van der Waals surface area (Å²) in [7, 11) is -4.21. The van der Waals surface area contributed by atoms with Gasteiger partial charge in [0.15, 0.2) is 17.4 Å². The molecule has 3 heterocycles. The summed E-state index contributed by atoms with van der Waals surface area (Å²) < 4.78 is 38.3. The number of carbonyl (C=O) groups excluding carboxylic acids is 1. The van der Waals surface area contributed by atoms with Crippen LogP contribution in [0.2, 0.25) is 0 Å². The minimum Gasteiger partial charge on any atom is -0.461 e. The number of esters is 1. The van der Waals surface area contributed by atoms with E-state index in [1.165, 1.54) is 24.7 Å². The summed E-state index contributed by atoms with van der Waals surface area (Å²) in [6, 6.07) is -1.03. The van der Waals surface area contributed by atoms with E-state index in [1.54, 1.807) is 25.2 Å². The summed E-state index contributed by atoms with van der Waals surface area (Å²) >= 11 is 6.74. The van der Waals surface area contributed by atoms with E-state index in [0.717, 1.165) is 32.1 Å². The van der Waals surface area contributed by atoms with E-state index in [-0.39, 0.29) is 29.0 Å². The van der Waals surface area contributed by atoms with Crippen molar-refractivity contribution in [1.82, 2.24) is 24.6 Å². The van der Waals surface area contributed by atoms with Gasteiger partial charge in [0.25, 0.3) is 5.56 Å². The quantitative estimate of drug-likeness (QED) is 0.0932. The number of allylic oxidation sites excluding steroid dienone is 4. The van der Waals surface area contributed by atoms with Gasteiger partial charge in [0.05, 0.1) is 12.9 Å². The Bertz CT molecular complexity index is 1440. The Morgan fingerprint density at radius 2 is 2.14 bits per heavy atom. The summed E-state index contributed by atoms with van der Waals surface area (Å²) in [6.45, 7) is 6.00. The van der Waals surface area contributed by atoms with Crippen molar-refractivity contribution in [3.63, 3.8) is 0 Å². The van der Waals surface area contributed by atoms with Crippen molar-refractivity contribution in [2.24, 2.45) is 0 Å². The Morgan fingerprint density at radius 1 is 1.43 bits per heavy atom. The van der Waals surface area contributed by atoms with Crippen LogP contribution in [0.1, 0.15) is 66.0 Å². The molecule has 42 heavy (non-hydrogen) atoms. The lowest BCUT2D eigenvalue weighted by atomic mass is 9.98. The normalized spacial score (nSPS) is 27.8. The largest absolute Gasteiger partial charge is 0.461 e. The van der Waals surface area contributed by atoms with Crippen LogP contribution in [0.5, 0.6) is 0 Å². The number of aliphatic hydroxyl groups is 1. The van der Waals surface area contributed by atoms with Crippen LogP contribution in [0.25, 0.3) is 11.2 Å². The highest BCUT2D eigenvalue weighted by molar-refractivity contribution is 7.51. The molecule has 1 aliphatic carbocycles. The average molecular weight is 629 g/mol. The number of aromatic amines is 1. The standard InChI is InChI=1S/C26H38ClN6O8P/c1-5-6-10-15(2)41-42(37,32-16(3)23(36)39-17-11-8-7-9-12-17)38-13-18-20(34)26(4,27)24(40-18)33-14-29-19-21(33)30-25(28)31-22(19)35/h5-6,10,14,16-18,20,24,34H,7-9,11-13H2,1-4H3,(H,32,37)(H3,28,30,31,35). The summed E-state index contributed by atoms with van der Waals surface area (Å²) in [5.41, 5.74) is 5.27. The third-order valence-electron chi connectivity index (χ3n) is 7.16. The number of imidazole rings is 1. The van der Waals surface area contributed by atoms with Gasteiger partial charge in [-0.2, -0.15) is 10.1 Å². The Hall–Kier alpha value is -2.74. The summed E-state index contributed by atoms with van der Waals surface area (Å²) in [6.07, 6.45) is 7.30. The zero-order valence-corrected chi connectivity index (χ0v) is 25.6. The molecule has 0 radical (unpaired) electrons. The lowest BCUT2D eigenvalue weighted by Gasteiger charge is -2.27. The van der Waals surface area contributed by atoms with Crippen molar-refractivity contribution in [3.05, 3.63) is 40.7 Å². The molecular formula is C26H38ClN6O8P. The maximum Gasteiger partial charge on any atom is 0.459 e. The number of carbonyl (C=O) groups is 1. The zero-order chi connectivity index (χ0) is 30.7. The molecule has 0 bridgehead atoms. The summed E-state index contributed by atoms with van der Waals surface area (Å²) in [4.78, 5) is 34.2. The minimum absolute atomic E-state index is 0.00838. The molecule has 4 rings (SSSR count).